The van der Waals surface area contributed by atoms with Crippen molar-refractivity contribution in [2.75, 3.05) is 31.7 Å². The van der Waals surface area contributed by atoms with E-state index in [1.807, 2.05) is 12.1 Å². The van der Waals surface area contributed by atoms with Gasteiger partial charge in [0.15, 0.2) is 0 Å². The van der Waals surface area contributed by atoms with E-state index in [-0.39, 0.29) is 5.91 Å². The minimum Gasteiger partial charge on any atom is -0.397 e. The summed E-state index contributed by atoms with van der Waals surface area (Å²) in [6.45, 7) is 0.737. The van der Waals surface area contributed by atoms with Gasteiger partial charge in [-0.15, -0.1) is 11.3 Å². The topological polar surface area (TPSA) is 58.4 Å². The lowest BCUT2D eigenvalue weighted by Gasteiger charge is -2.13. The second-order valence-corrected chi connectivity index (χ2v) is 6.68. The Kier molecular flexibility index (Phi) is 5.09. The third-order valence-corrected chi connectivity index (χ3v) is 4.31. The molecule has 1 heterocycles. The quantitative estimate of drug-likeness (QED) is 0.830. The standard InChI is InChI=1S/C15H18ClN3OS/c1-19(2)15(20)10-3-5-12(17)13(9-10)18-8-7-11-4-6-14(16)21-11/h3-6,9,18H,7-8,17H2,1-2H3. The van der Waals surface area contributed by atoms with Crippen LogP contribution in [0.5, 0.6) is 0 Å². The van der Waals surface area contributed by atoms with Crippen LogP contribution in [0, 0.1) is 0 Å². The van der Waals surface area contributed by atoms with E-state index in [9.17, 15) is 4.79 Å². The molecule has 0 saturated heterocycles. The molecule has 0 spiro atoms. The van der Waals surface area contributed by atoms with E-state index in [1.54, 1.807) is 48.5 Å². The molecule has 2 aromatic rings. The number of amides is 1. The van der Waals surface area contributed by atoms with E-state index < -0.39 is 0 Å². The number of hydrogen-bond donors (Lipinski definition) is 2. The van der Waals surface area contributed by atoms with Crippen molar-refractivity contribution < 1.29 is 4.79 Å². The summed E-state index contributed by atoms with van der Waals surface area (Å²) in [5.41, 5.74) is 7.98. The molecule has 3 N–H and O–H groups in total. The molecule has 1 aromatic carbocycles. The van der Waals surface area contributed by atoms with E-state index in [0.717, 1.165) is 23.0 Å². The van der Waals surface area contributed by atoms with Gasteiger partial charge in [0.2, 0.25) is 0 Å². The van der Waals surface area contributed by atoms with Gasteiger partial charge in [-0.25, -0.2) is 0 Å². The molecule has 0 unspecified atom stereocenters. The molecule has 0 atom stereocenters. The Hall–Kier alpha value is -1.72. The van der Waals surface area contributed by atoms with Crippen LogP contribution in [0.25, 0.3) is 0 Å². The largest absolute Gasteiger partial charge is 0.397 e. The summed E-state index contributed by atoms with van der Waals surface area (Å²) in [5, 5.41) is 3.27. The van der Waals surface area contributed by atoms with Gasteiger partial charge in [-0.3, -0.25) is 4.79 Å². The molecule has 1 amide bonds. The lowest BCUT2D eigenvalue weighted by atomic mass is 10.1. The summed E-state index contributed by atoms with van der Waals surface area (Å²) in [7, 11) is 3.46. The molecule has 6 heteroatoms. The maximum absolute atomic E-state index is 12.0. The first-order valence-corrected chi connectivity index (χ1v) is 7.76. The number of rotatable bonds is 5. The number of anilines is 2. The van der Waals surface area contributed by atoms with Crippen LogP contribution in [0.3, 0.4) is 0 Å². The number of nitrogen functional groups attached to an aromatic ring is 1. The van der Waals surface area contributed by atoms with Crippen molar-refractivity contribution in [2.24, 2.45) is 0 Å². The smallest absolute Gasteiger partial charge is 0.253 e. The molecule has 0 fully saturated rings. The van der Waals surface area contributed by atoms with Crippen molar-refractivity contribution in [3.05, 3.63) is 45.1 Å². The van der Waals surface area contributed by atoms with Crippen LogP contribution in [-0.2, 0) is 6.42 Å². The summed E-state index contributed by atoms with van der Waals surface area (Å²) in [4.78, 5) is 14.7. The van der Waals surface area contributed by atoms with E-state index in [2.05, 4.69) is 5.32 Å². The van der Waals surface area contributed by atoms with Crippen molar-refractivity contribution in [3.63, 3.8) is 0 Å². The van der Waals surface area contributed by atoms with Crippen LogP contribution >= 0.6 is 22.9 Å². The Morgan fingerprint density at radius 3 is 2.71 bits per heavy atom. The van der Waals surface area contributed by atoms with E-state index in [0.29, 0.717) is 11.3 Å². The zero-order chi connectivity index (χ0) is 15.4. The number of benzene rings is 1. The molecule has 0 radical (unpaired) electrons. The summed E-state index contributed by atoms with van der Waals surface area (Å²) in [5.74, 6) is -0.0388. The highest BCUT2D eigenvalue weighted by atomic mass is 35.5. The lowest BCUT2D eigenvalue weighted by Crippen LogP contribution is -2.21. The summed E-state index contributed by atoms with van der Waals surface area (Å²) >= 11 is 7.48. The molecular formula is C15H18ClN3OS. The Morgan fingerprint density at radius 2 is 2.10 bits per heavy atom. The van der Waals surface area contributed by atoms with Gasteiger partial charge >= 0.3 is 0 Å². The second kappa shape index (κ2) is 6.83. The zero-order valence-electron chi connectivity index (χ0n) is 12.0. The number of nitrogens with zero attached hydrogens (tertiary/aromatic N) is 1. The Labute approximate surface area is 133 Å². The maximum atomic E-state index is 12.0. The van der Waals surface area contributed by atoms with Crippen LogP contribution in [-0.4, -0.2) is 31.4 Å². The van der Waals surface area contributed by atoms with Crippen LogP contribution < -0.4 is 11.1 Å². The molecule has 0 saturated carbocycles. The Bertz CT molecular complexity index is 640. The van der Waals surface area contributed by atoms with Crippen molar-refractivity contribution in [3.8, 4) is 0 Å². The third kappa shape index (κ3) is 4.12. The SMILES string of the molecule is CN(C)C(=O)c1ccc(N)c(NCCc2ccc(Cl)s2)c1. The van der Waals surface area contributed by atoms with Gasteiger partial charge in [-0.05, 0) is 36.8 Å². The number of nitrogens with one attached hydrogen (secondary N) is 1. The number of carbonyl (C=O) groups is 1. The monoisotopic (exact) mass is 323 g/mol. The molecule has 0 aliphatic carbocycles. The average molecular weight is 324 g/mol. The minimum absolute atomic E-state index is 0.0388. The van der Waals surface area contributed by atoms with E-state index in [4.69, 9.17) is 17.3 Å². The molecule has 21 heavy (non-hydrogen) atoms. The van der Waals surface area contributed by atoms with Crippen molar-refractivity contribution in [1.82, 2.24) is 4.90 Å². The highest BCUT2D eigenvalue weighted by Crippen LogP contribution is 2.23. The first-order chi connectivity index (χ1) is 9.97. The molecule has 4 nitrogen and oxygen atoms in total. The third-order valence-electron chi connectivity index (χ3n) is 3.02. The maximum Gasteiger partial charge on any atom is 0.253 e. The van der Waals surface area contributed by atoms with Crippen LogP contribution in [0.15, 0.2) is 30.3 Å². The number of thiophene rings is 1. The summed E-state index contributed by atoms with van der Waals surface area (Å²) in [6.07, 6.45) is 0.864. The summed E-state index contributed by atoms with van der Waals surface area (Å²) < 4.78 is 0.795. The van der Waals surface area contributed by atoms with Gasteiger partial charge in [0.25, 0.3) is 5.91 Å². The summed E-state index contributed by atoms with van der Waals surface area (Å²) in [6, 6.07) is 9.19. The number of carbonyl (C=O) groups excluding carboxylic acids is 1. The molecule has 0 bridgehead atoms. The fraction of sp³-hybridized carbons (Fsp3) is 0.267. The van der Waals surface area contributed by atoms with E-state index >= 15 is 0 Å². The van der Waals surface area contributed by atoms with Gasteiger partial charge in [0.05, 0.1) is 15.7 Å². The lowest BCUT2D eigenvalue weighted by molar-refractivity contribution is 0.0827. The molecule has 112 valence electrons. The van der Waals surface area contributed by atoms with Crippen molar-refractivity contribution >= 4 is 40.2 Å². The van der Waals surface area contributed by atoms with Crippen LogP contribution in [0.2, 0.25) is 4.34 Å². The zero-order valence-corrected chi connectivity index (χ0v) is 13.6. The van der Waals surface area contributed by atoms with Crippen molar-refractivity contribution in [2.45, 2.75) is 6.42 Å². The number of nitrogens with two attached hydrogens (primary N) is 1. The molecule has 0 aliphatic rings. The fourth-order valence-electron chi connectivity index (χ4n) is 1.91. The van der Waals surface area contributed by atoms with E-state index in [1.165, 1.54) is 4.88 Å². The minimum atomic E-state index is -0.0388. The molecule has 0 aliphatic heterocycles. The van der Waals surface area contributed by atoms with Gasteiger partial charge < -0.3 is 16.0 Å². The van der Waals surface area contributed by atoms with Gasteiger partial charge in [0.1, 0.15) is 0 Å². The van der Waals surface area contributed by atoms with Gasteiger partial charge in [-0.2, -0.15) is 0 Å². The van der Waals surface area contributed by atoms with Crippen LogP contribution in [0.1, 0.15) is 15.2 Å². The van der Waals surface area contributed by atoms with Crippen LogP contribution in [0.4, 0.5) is 11.4 Å². The van der Waals surface area contributed by atoms with Crippen molar-refractivity contribution in [1.29, 1.82) is 0 Å². The number of hydrogen-bond acceptors (Lipinski definition) is 4. The first kappa shape index (κ1) is 15.7. The first-order valence-electron chi connectivity index (χ1n) is 6.56. The second-order valence-electron chi connectivity index (χ2n) is 4.88. The highest BCUT2D eigenvalue weighted by Gasteiger charge is 2.10. The van der Waals surface area contributed by atoms with Gasteiger partial charge in [0, 0.05) is 31.1 Å². The fourth-order valence-corrected chi connectivity index (χ4v) is 2.99. The Morgan fingerprint density at radius 1 is 1.33 bits per heavy atom. The number of halogens is 1. The molecule has 1 aromatic heterocycles. The predicted molar refractivity (Wildman–Crippen MR) is 90.4 cm³/mol. The predicted octanol–water partition coefficient (Wildman–Crippen LogP) is 3.34. The Balaban J connectivity index is 2.02. The normalized spacial score (nSPS) is 10.4. The molecule has 2 rings (SSSR count). The molecular weight excluding hydrogens is 306 g/mol. The highest BCUT2D eigenvalue weighted by molar-refractivity contribution is 7.16. The average Bonchev–Trinajstić information content (AvgIpc) is 2.85. The van der Waals surface area contributed by atoms with Gasteiger partial charge in [-0.1, -0.05) is 11.6 Å².